The van der Waals surface area contributed by atoms with E-state index in [4.69, 9.17) is 14.0 Å². The molecule has 1 aromatic carbocycles. The van der Waals surface area contributed by atoms with Gasteiger partial charge in [-0.1, -0.05) is 5.16 Å². The Kier molecular flexibility index (Phi) is 6.34. The summed E-state index contributed by atoms with van der Waals surface area (Å²) in [5.41, 5.74) is 1.80. The summed E-state index contributed by atoms with van der Waals surface area (Å²) in [7, 11) is 0. The number of amides is 2. The highest BCUT2D eigenvalue weighted by atomic mass is 16.6. The van der Waals surface area contributed by atoms with E-state index in [2.05, 4.69) is 5.16 Å². The highest BCUT2D eigenvalue weighted by molar-refractivity contribution is 5.94. The van der Waals surface area contributed by atoms with Crippen LogP contribution in [0, 0.1) is 13.8 Å². The first-order valence-corrected chi connectivity index (χ1v) is 10.1. The number of ether oxygens (including phenoxy) is 2. The Hall–Kier alpha value is -3.03. The standard InChI is InChI=1S/C22H29N3O5/c1-15-19(16(2)30-23-15)14-28-18-8-6-17(7-9-18)20(26)24-10-12-25(13-11-24)21(27)29-22(3,4)5/h6-9H,10-14H2,1-5H3. The normalized spacial score (nSPS) is 14.6. The third-order valence-corrected chi connectivity index (χ3v) is 4.88. The van der Waals surface area contributed by atoms with E-state index in [-0.39, 0.29) is 12.0 Å². The summed E-state index contributed by atoms with van der Waals surface area (Å²) >= 11 is 0. The summed E-state index contributed by atoms with van der Waals surface area (Å²) < 4.78 is 16.3. The maximum atomic E-state index is 12.8. The van der Waals surface area contributed by atoms with E-state index >= 15 is 0 Å². The van der Waals surface area contributed by atoms with Crippen LogP contribution < -0.4 is 4.74 Å². The molecule has 3 rings (SSSR count). The van der Waals surface area contributed by atoms with Gasteiger partial charge >= 0.3 is 6.09 Å². The van der Waals surface area contributed by atoms with E-state index in [1.807, 2.05) is 34.6 Å². The Labute approximate surface area is 176 Å². The van der Waals surface area contributed by atoms with Crippen LogP contribution in [0.3, 0.4) is 0 Å². The van der Waals surface area contributed by atoms with Gasteiger partial charge in [0, 0.05) is 31.7 Å². The van der Waals surface area contributed by atoms with Gasteiger partial charge in [-0.2, -0.15) is 0 Å². The van der Waals surface area contributed by atoms with Crippen molar-refractivity contribution in [3.8, 4) is 5.75 Å². The molecule has 0 aliphatic carbocycles. The summed E-state index contributed by atoms with van der Waals surface area (Å²) in [5, 5.41) is 3.91. The third-order valence-electron chi connectivity index (χ3n) is 4.88. The van der Waals surface area contributed by atoms with Crippen LogP contribution >= 0.6 is 0 Å². The smallest absolute Gasteiger partial charge is 0.410 e. The predicted molar refractivity (Wildman–Crippen MR) is 110 cm³/mol. The largest absolute Gasteiger partial charge is 0.489 e. The van der Waals surface area contributed by atoms with E-state index in [9.17, 15) is 9.59 Å². The average Bonchev–Trinajstić information content (AvgIpc) is 3.02. The molecule has 30 heavy (non-hydrogen) atoms. The van der Waals surface area contributed by atoms with Crippen LogP contribution in [0.15, 0.2) is 28.8 Å². The lowest BCUT2D eigenvalue weighted by Gasteiger charge is -2.35. The second-order valence-electron chi connectivity index (χ2n) is 8.38. The second kappa shape index (κ2) is 8.77. The Bertz CT molecular complexity index is 871. The van der Waals surface area contributed by atoms with Gasteiger partial charge in [0.1, 0.15) is 23.7 Å². The van der Waals surface area contributed by atoms with Crippen LogP contribution in [0.1, 0.15) is 48.1 Å². The zero-order valence-corrected chi connectivity index (χ0v) is 18.2. The molecule has 0 atom stereocenters. The Morgan fingerprint density at radius 1 is 1.03 bits per heavy atom. The topological polar surface area (TPSA) is 85.1 Å². The summed E-state index contributed by atoms with van der Waals surface area (Å²) in [5.74, 6) is 1.35. The van der Waals surface area contributed by atoms with Crippen molar-refractivity contribution in [2.45, 2.75) is 46.8 Å². The molecular formula is C22H29N3O5. The van der Waals surface area contributed by atoms with Crippen molar-refractivity contribution in [3.63, 3.8) is 0 Å². The van der Waals surface area contributed by atoms with Gasteiger partial charge in [0.25, 0.3) is 5.91 Å². The highest BCUT2D eigenvalue weighted by Gasteiger charge is 2.28. The fraction of sp³-hybridized carbons (Fsp3) is 0.500. The van der Waals surface area contributed by atoms with Gasteiger partial charge in [0.05, 0.1) is 11.3 Å². The first-order chi connectivity index (χ1) is 14.1. The van der Waals surface area contributed by atoms with Gasteiger partial charge in [-0.3, -0.25) is 4.79 Å². The summed E-state index contributed by atoms with van der Waals surface area (Å²) in [6.45, 7) is 11.5. The molecule has 0 bridgehead atoms. The summed E-state index contributed by atoms with van der Waals surface area (Å²) in [6, 6.07) is 7.07. The van der Waals surface area contributed by atoms with Crippen molar-refractivity contribution in [2.24, 2.45) is 0 Å². The molecule has 1 aliphatic rings. The fourth-order valence-corrected chi connectivity index (χ4v) is 3.16. The van der Waals surface area contributed by atoms with Crippen LogP contribution in [0.25, 0.3) is 0 Å². The van der Waals surface area contributed by atoms with Crippen molar-refractivity contribution in [1.29, 1.82) is 0 Å². The molecule has 162 valence electrons. The van der Waals surface area contributed by atoms with Crippen molar-refractivity contribution < 1.29 is 23.6 Å². The van der Waals surface area contributed by atoms with Crippen LogP contribution in [0.4, 0.5) is 4.79 Å². The van der Waals surface area contributed by atoms with Crippen molar-refractivity contribution >= 4 is 12.0 Å². The zero-order chi connectivity index (χ0) is 21.9. The number of aromatic nitrogens is 1. The predicted octanol–water partition coefficient (Wildman–Crippen LogP) is 3.56. The van der Waals surface area contributed by atoms with Gasteiger partial charge in [0.15, 0.2) is 0 Å². The lowest BCUT2D eigenvalue weighted by molar-refractivity contribution is 0.0141. The molecular weight excluding hydrogens is 386 g/mol. The fourth-order valence-electron chi connectivity index (χ4n) is 3.16. The molecule has 2 heterocycles. The van der Waals surface area contributed by atoms with E-state index in [1.54, 1.807) is 34.1 Å². The first kappa shape index (κ1) is 21.7. The molecule has 0 radical (unpaired) electrons. The third kappa shape index (κ3) is 5.31. The van der Waals surface area contributed by atoms with Crippen LogP contribution in [-0.4, -0.2) is 58.7 Å². The number of rotatable bonds is 4. The van der Waals surface area contributed by atoms with Gasteiger partial charge in [-0.05, 0) is 58.9 Å². The maximum Gasteiger partial charge on any atom is 0.410 e. The number of hydrogen-bond acceptors (Lipinski definition) is 6. The molecule has 8 nitrogen and oxygen atoms in total. The molecule has 2 amide bonds. The minimum atomic E-state index is -0.528. The Balaban J connectivity index is 1.52. The molecule has 0 saturated carbocycles. The number of nitrogens with zero attached hydrogens (tertiary/aromatic N) is 3. The lowest BCUT2D eigenvalue weighted by atomic mass is 10.1. The van der Waals surface area contributed by atoms with E-state index < -0.39 is 5.60 Å². The van der Waals surface area contributed by atoms with Crippen molar-refractivity contribution in [1.82, 2.24) is 15.0 Å². The van der Waals surface area contributed by atoms with Crippen LogP contribution in [-0.2, 0) is 11.3 Å². The lowest BCUT2D eigenvalue weighted by Crippen LogP contribution is -2.51. The highest BCUT2D eigenvalue weighted by Crippen LogP contribution is 2.19. The molecule has 8 heteroatoms. The number of aryl methyl sites for hydroxylation is 2. The van der Waals surface area contributed by atoms with Gasteiger partial charge in [-0.25, -0.2) is 4.79 Å². The van der Waals surface area contributed by atoms with E-state index in [0.717, 1.165) is 17.0 Å². The SMILES string of the molecule is Cc1noc(C)c1COc1ccc(C(=O)N2CCN(C(=O)OC(C)(C)C)CC2)cc1. The van der Waals surface area contributed by atoms with Crippen molar-refractivity contribution in [3.05, 3.63) is 46.8 Å². The Morgan fingerprint density at radius 2 is 1.63 bits per heavy atom. The zero-order valence-electron chi connectivity index (χ0n) is 18.2. The van der Waals surface area contributed by atoms with Gasteiger partial charge in [0.2, 0.25) is 0 Å². The van der Waals surface area contributed by atoms with Gasteiger partial charge in [-0.15, -0.1) is 0 Å². The Morgan fingerprint density at radius 3 is 2.17 bits per heavy atom. The quantitative estimate of drug-likeness (QED) is 0.759. The van der Waals surface area contributed by atoms with Gasteiger partial charge < -0.3 is 23.8 Å². The van der Waals surface area contributed by atoms with E-state index in [1.165, 1.54) is 0 Å². The molecule has 0 N–H and O–H groups in total. The summed E-state index contributed by atoms with van der Waals surface area (Å²) in [4.78, 5) is 28.3. The number of hydrogen-bond donors (Lipinski definition) is 0. The minimum absolute atomic E-state index is 0.0592. The number of benzene rings is 1. The number of piperazine rings is 1. The molecule has 0 spiro atoms. The van der Waals surface area contributed by atoms with Crippen LogP contribution in [0.5, 0.6) is 5.75 Å². The molecule has 2 aromatic rings. The maximum absolute atomic E-state index is 12.8. The average molecular weight is 415 g/mol. The number of carbonyl (C=O) groups is 2. The minimum Gasteiger partial charge on any atom is -0.489 e. The second-order valence-corrected chi connectivity index (χ2v) is 8.38. The summed E-state index contributed by atoms with van der Waals surface area (Å²) in [6.07, 6.45) is -0.339. The molecule has 0 unspecified atom stereocenters. The molecule has 1 saturated heterocycles. The number of carbonyl (C=O) groups excluding carboxylic acids is 2. The monoisotopic (exact) mass is 415 g/mol. The molecule has 1 fully saturated rings. The molecule has 1 aliphatic heterocycles. The van der Waals surface area contributed by atoms with Crippen molar-refractivity contribution in [2.75, 3.05) is 26.2 Å². The molecule has 1 aromatic heterocycles. The first-order valence-electron chi connectivity index (χ1n) is 10.1. The van der Waals surface area contributed by atoms with E-state index in [0.29, 0.717) is 44.1 Å². The van der Waals surface area contributed by atoms with Crippen LogP contribution in [0.2, 0.25) is 0 Å².